The first-order valence-corrected chi connectivity index (χ1v) is 12.3. The number of nitrogens with one attached hydrogen (secondary N) is 1. The zero-order chi connectivity index (χ0) is 25.1. The molecule has 1 saturated carbocycles. The first-order valence-electron chi connectivity index (χ1n) is 12.3. The Bertz CT molecular complexity index is 810. The average molecular weight is 475 g/mol. The van der Waals surface area contributed by atoms with Gasteiger partial charge in [-0.3, -0.25) is 4.79 Å². The van der Waals surface area contributed by atoms with Gasteiger partial charge < -0.3 is 24.8 Å². The van der Waals surface area contributed by atoms with Gasteiger partial charge in [0.25, 0.3) is 0 Å². The molecule has 0 aromatic heterocycles. The van der Waals surface area contributed by atoms with Crippen LogP contribution in [0.3, 0.4) is 0 Å². The number of rotatable bonds is 12. The van der Waals surface area contributed by atoms with E-state index in [2.05, 4.69) is 30.6 Å². The summed E-state index contributed by atoms with van der Waals surface area (Å²) in [5.41, 5.74) is -0.154. The third-order valence-corrected chi connectivity index (χ3v) is 6.32. The topological polar surface area (TPSA) is 88.1 Å². The number of hydrogen-bond acceptors (Lipinski definition) is 6. The van der Waals surface area contributed by atoms with Gasteiger partial charge in [0, 0.05) is 19.0 Å². The van der Waals surface area contributed by atoms with Crippen molar-refractivity contribution in [3.8, 4) is 5.75 Å². The highest BCUT2D eigenvalue weighted by atomic mass is 16.6. The Balaban J connectivity index is 2.00. The SMILES string of the molecule is C=CCOC(=O)CC(CNC(=O)Oc1cccc(C2(O)CCCCC2CN(C)C)c1)CC(C)C. The molecular formula is C27H42N2O5. The third kappa shape index (κ3) is 8.76. The molecule has 7 heteroatoms. The smallest absolute Gasteiger partial charge is 0.412 e. The highest BCUT2D eigenvalue weighted by molar-refractivity contribution is 5.71. The van der Waals surface area contributed by atoms with Crippen LogP contribution in [0, 0.1) is 17.8 Å². The lowest BCUT2D eigenvalue weighted by molar-refractivity contribution is -0.143. The Morgan fingerprint density at radius 2 is 2.09 bits per heavy atom. The van der Waals surface area contributed by atoms with Crippen molar-refractivity contribution >= 4 is 12.1 Å². The summed E-state index contributed by atoms with van der Waals surface area (Å²) in [5, 5.41) is 14.4. The lowest BCUT2D eigenvalue weighted by atomic mass is 9.71. The second-order valence-electron chi connectivity index (χ2n) is 10.1. The molecule has 0 heterocycles. The first-order chi connectivity index (χ1) is 16.1. The van der Waals surface area contributed by atoms with Gasteiger partial charge in [-0.25, -0.2) is 4.79 Å². The molecule has 34 heavy (non-hydrogen) atoms. The zero-order valence-electron chi connectivity index (χ0n) is 21.2. The van der Waals surface area contributed by atoms with Crippen molar-refractivity contribution < 1.29 is 24.2 Å². The molecule has 0 spiro atoms. The van der Waals surface area contributed by atoms with Crippen LogP contribution in [-0.4, -0.2) is 55.9 Å². The Labute approximate surface area is 204 Å². The van der Waals surface area contributed by atoms with Crippen molar-refractivity contribution in [1.29, 1.82) is 0 Å². The van der Waals surface area contributed by atoms with E-state index in [0.717, 1.165) is 37.8 Å². The van der Waals surface area contributed by atoms with E-state index in [9.17, 15) is 14.7 Å². The number of nitrogens with zero attached hydrogens (tertiary/aromatic N) is 1. The van der Waals surface area contributed by atoms with Crippen LogP contribution in [0.15, 0.2) is 36.9 Å². The van der Waals surface area contributed by atoms with E-state index >= 15 is 0 Å². The Morgan fingerprint density at radius 3 is 2.76 bits per heavy atom. The van der Waals surface area contributed by atoms with Crippen molar-refractivity contribution in [1.82, 2.24) is 10.2 Å². The highest BCUT2D eigenvalue weighted by Gasteiger charge is 2.40. The van der Waals surface area contributed by atoms with E-state index in [-0.39, 0.29) is 30.8 Å². The van der Waals surface area contributed by atoms with Gasteiger partial charge in [0.15, 0.2) is 0 Å². The van der Waals surface area contributed by atoms with E-state index in [1.807, 2.05) is 26.2 Å². The highest BCUT2D eigenvalue weighted by Crippen LogP contribution is 2.42. The molecule has 3 unspecified atom stereocenters. The van der Waals surface area contributed by atoms with Crippen molar-refractivity contribution in [2.45, 2.75) is 58.0 Å². The Morgan fingerprint density at radius 1 is 1.32 bits per heavy atom. The van der Waals surface area contributed by atoms with E-state index < -0.39 is 11.7 Å². The standard InChI is InChI=1S/C27H42N2O5/c1-6-14-33-25(30)16-21(15-20(2)3)18-28-26(31)34-24-12-9-11-22(17-24)27(32)13-8-7-10-23(27)19-29(4)5/h6,9,11-12,17,20-21,23,32H,1,7-8,10,13-16,18-19H2,2-5H3,(H,28,31). The van der Waals surface area contributed by atoms with Crippen LogP contribution in [0.25, 0.3) is 0 Å². The molecule has 1 amide bonds. The van der Waals surface area contributed by atoms with Gasteiger partial charge in [-0.1, -0.05) is 51.5 Å². The van der Waals surface area contributed by atoms with Crippen molar-refractivity contribution in [3.05, 3.63) is 42.5 Å². The van der Waals surface area contributed by atoms with Crippen LogP contribution in [-0.2, 0) is 15.1 Å². The molecular weight excluding hydrogens is 432 g/mol. The molecule has 0 saturated heterocycles. The molecule has 1 aliphatic carbocycles. The second-order valence-corrected chi connectivity index (χ2v) is 10.1. The number of hydrogen-bond donors (Lipinski definition) is 2. The summed E-state index contributed by atoms with van der Waals surface area (Å²) in [7, 11) is 4.04. The molecule has 0 radical (unpaired) electrons. The summed E-state index contributed by atoms with van der Waals surface area (Å²) in [5.74, 6) is 0.534. The molecule has 190 valence electrons. The lowest BCUT2D eigenvalue weighted by Gasteiger charge is -2.41. The minimum Gasteiger partial charge on any atom is -0.461 e. The summed E-state index contributed by atoms with van der Waals surface area (Å²) in [6, 6.07) is 7.21. The third-order valence-electron chi connectivity index (χ3n) is 6.32. The van der Waals surface area contributed by atoms with Crippen LogP contribution in [0.4, 0.5) is 4.79 Å². The van der Waals surface area contributed by atoms with Crippen molar-refractivity contribution in [3.63, 3.8) is 0 Å². The van der Waals surface area contributed by atoms with Gasteiger partial charge >= 0.3 is 12.1 Å². The number of amides is 1. The van der Waals surface area contributed by atoms with Crippen LogP contribution in [0.1, 0.15) is 57.9 Å². The van der Waals surface area contributed by atoms with Crippen LogP contribution >= 0.6 is 0 Å². The van der Waals surface area contributed by atoms with Gasteiger partial charge in [0.05, 0.1) is 12.0 Å². The zero-order valence-corrected chi connectivity index (χ0v) is 21.2. The molecule has 3 atom stereocenters. The van der Waals surface area contributed by atoms with Crippen molar-refractivity contribution in [2.75, 3.05) is 33.8 Å². The molecule has 1 aliphatic rings. The van der Waals surface area contributed by atoms with E-state index in [0.29, 0.717) is 24.6 Å². The fourth-order valence-corrected chi connectivity index (χ4v) is 4.84. The van der Waals surface area contributed by atoms with E-state index in [1.54, 1.807) is 12.1 Å². The number of ether oxygens (including phenoxy) is 2. The number of aliphatic hydroxyl groups is 1. The maximum atomic E-state index is 12.5. The van der Waals surface area contributed by atoms with Crippen LogP contribution < -0.4 is 10.1 Å². The quantitative estimate of drug-likeness (QED) is 0.343. The molecule has 0 bridgehead atoms. The van der Waals surface area contributed by atoms with Gasteiger partial charge in [0.2, 0.25) is 0 Å². The van der Waals surface area contributed by atoms with Gasteiger partial charge in [-0.15, -0.1) is 0 Å². The molecule has 2 N–H and O–H groups in total. The fourth-order valence-electron chi connectivity index (χ4n) is 4.84. The molecule has 1 fully saturated rings. The van der Waals surface area contributed by atoms with Crippen LogP contribution in [0.5, 0.6) is 5.75 Å². The monoisotopic (exact) mass is 474 g/mol. The lowest BCUT2D eigenvalue weighted by Crippen LogP contribution is -2.43. The molecule has 1 aromatic carbocycles. The summed E-state index contributed by atoms with van der Waals surface area (Å²) in [6.07, 6.45) is 5.70. The first kappa shape index (κ1) is 27.9. The van der Waals surface area contributed by atoms with E-state index in [1.165, 1.54) is 6.08 Å². The number of benzene rings is 1. The predicted octanol–water partition coefficient (Wildman–Crippen LogP) is 4.50. The number of esters is 1. The average Bonchev–Trinajstić information content (AvgIpc) is 2.77. The molecule has 1 aromatic rings. The van der Waals surface area contributed by atoms with Crippen molar-refractivity contribution in [2.24, 2.45) is 17.8 Å². The number of carbonyl (C=O) groups excluding carboxylic acids is 2. The maximum absolute atomic E-state index is 12.5. The molecule has 2 rings (SSSR count). The van der Waals surface area contributed by atoms with Gasteiger partial charge in [-0.2, -0.15) is 0 Å². The summed E-state index contributed by atoms with van der Waals surface area (Å²) in [4.78, 5) is 26.6. The maximum Gasteiger partial charge on any atom is 0.412 e. The van der Waals surface area contributed by atoms with Crippen LogP contribution in [0.2, 0.25) is 0 Å². The second kappa shape index (κ2) is 13.5. The molecule has 7 nitrogen and oxygen atoms in total. The van der Waals surface area contributed by atoms with Gasteiger partial charge in [-0.05, 0) is 62.9 Å². The minimum atomic E-state index is -0.938. The Kier molecular flexibility index (Phi) is 11.1. The fraction of sp³-hybridized carbons (Fsp3) is 0.630. The summed E-state index contributed by atoms with van der Waals surface area (Å²) >= 11 is 0. The summed E-state index contributed by atoms with van der Waals surface area (Å²) in [6.45, 7) is 8.99. The Hall–Kier alpha value is -2.38. The molecule has 0 aliphatic heterocycles. The normalized spacial score (nSPS) is 21.2. The largest absolute Gasteiger partial charge is 0.461 e. The predicted molar refractivity (Wildman–Crippen MR) is 134 cm³/mol. The van der Waals surface area contributed by atoms with E-state index in [4.69, 9.17) is 9.47 Å². The van der Waals surface area contributed by atoms with Gasteiger partial charge in [0.1, 0.15) is 12.4 Å². The summed E-state index contributed by atoms with van der Waals surface area (Å²) < 4.78 is 10.6. The minimum absolute atomic E-state index is 0.0501. The number of carbonyl (C=O) groups is 2.